The fraction of sp³-hybridized carbons (Fsp3) is 1.00. The van der Waals surface area contributed by atoms with Crippen molar-refractivity contribution in [3.63, 3.8) is 0 Å². The summed E-state index contributed by atoms with van der Waals surface area (Å²) in [6.07, 6.45) is 0. The van der Waals surface area contributed by atoms with Crippen molar-refractivity contribution < 1.29 is 0 Å². The van der Waals surface area contributed by atoms with Crippen LogP contribution in [-0.2, 0) is 0 Å². The van der Waals surface area contributed by atoms with E-state index in [1.165, 1.54) is 0 Å². The van der Waals surface area contributed by atoms with Gasteiger partial charge in [-0.2, -0.15) is 0 Å². The normalized spacial score (nSPS) is 17.3. The maximum absolute atomic E-state index is 3.54. The molecule has 0 heterocycles. The largest absolute Gasteiger partial charge is 0.161 e. The Kier molecular flexibility index (Phi) is 7.96. The molecule has 80 valence electrons. The zero-order valence-electron chi connectivity index (χ0n) is 5.48. The molecule has 0 N–H and O–H groups in total. The minimum absolute atomic E-state index is 0.0226. The molecule has 13 heavy (non-hydrogen) atoms. The van der Waals surface area contributed by atoms with E-state index in [-0.39, 0.29) is 4.83 Å². The van der Waals surface area contributed by atoms with E-state index < -0.39 is 7.52 Å². The second kappa shape index (κ2) is 5.97. The van der Waals surface area contributed by atoms with Crippen molar-refractivity contribution in [1.29, 1.82) is 0 Å². The quantitative estimate of drug-likeness (QED) is 0.255. The van der Waals surface area contributed by atoms with E-state index >= 15 is 0 Å². The first-order valence-electron chi connectivity index (χ1n) is 2.56. The maximum Gasteiger partial charge on any atom is 0.161 e. The Morgan fingerprint density at radius 1 is 0.692 bits per heavy atom. The summed E-state index contributed by atoms with van der Waals surface area (Å²) in [6.45, 7) is 0. The zero-order valence-corrected chi connectivity index (χ0v) is 19.8. The summed E-state index contributed by atoms with van der Waals surface area (Å²) in [7, 11) is 0. The van der Waals surface area contributed by atoms with Gasteiger partial charge in [0.2, 0.25) is 0 Å². The lowest BCUT2D eigenvalue weighted by Gasteiger charge is -2.37. The van der Waals surface area contributed by atoms with Gasteiger partial charge in [-0.1, -0.05) is 143 Å². The second-order valence-corrected chi connectivity index (χ2v) is 20.2. The van der Waals surface area contributed by atoms with Crippen LogP contribution in [0.1, 0.15) is 0 Å². The molecule has 0 nitrogen and oxygen atoms in total. The lowest BCUT2D eigenvalue weighted by Crippen LogP contribution is -2.43. The Bertz CT molecular complexity index is 173. The molecule has 0 bridgehead atoms. The summed E-state index contributed by atoms with van der Waals surface area (Å²) >= 11 is 31.2. The van der Waals surface area contributed by atoms with Crippen molar-refractivity contribution >= 4 is 143 Å². The van der Waals surface area contributed by atoms with Crippen LogP contribution in [0.5, 0.6) is 0 Å². The summed E-state index contributed by atoms with van der Waals surface area (Å²) in [4.78, 5) is -0.0226. The molecule has 0 aromatic rings. The second-order valence-electron chi connectivity index (χ2n) is 2.02. The molecule has 0 aromatic carbocycles. The first-order chi connectivity index (χ1) is 5.40. The van der Waals surface area contributed by atoms with Gasteiger partial charge in [-0.3, -0.25) is 0 Å². The Morgan fingerprint density at radius 2 is 1.00 bits per heavy atom. The van der Waals surface area contributed by atoms with E-state index in [2.05, 4.69) is 143 Å². The monoisotopic (exact) mass is 759 g/mol. The van der Waals surface area contributed by atoms with Gasteiger partial charge in [0.25, 0.3) is 0 Å². The Labute approximate surface area is 153 Å². The first-order valence-corrected chi connectivity index (χ1v) is 9.82. The summed E-state index contributed by atoms with van der Waals surface area (Å²) < 4.78 is -1.39. The SMILES string of the molecule is BrC(C(Br)(Br)Br)C(Br)(Br)C(Br)(Br)Br. The molecule has 0 rings (SSSR count). The van der Waals surface area contributed by atoms with E-state index in [1.54, 1.807) is 0 Å². The van der Waals surface area contributed by atoms with Gasteiger partial charge in [0.1, 0.15) is 5.38 Å². The van der Waals surface area contributed by atoms with Crippen LogP contribution in [0.2, 0.25) is 0 Å². The van der Waals surface area contributed by atoms with E-state index in [0.717, 1.165) is 0 Å². The molecule has 0 aliphatic rings. The van der Waals surface area contributed by atoms with Gasteiger partial charge in [-0.05, 0) is 0 Å². The van der Waals surface area contributed by atoms with Crippen LogP contribution in [0.3, 0.4) is 0 Å². The first kappa shape index (κ1) is 17.3. The van der Waals surface area contributed by atoms with Crippen molar-refractivity contribution in [2.75, 3.05) is 0 Å². The van der Waals surface area contributed by atoms with E-state index in [9.17, 15) is 0 Å². The van der Waals surface area contributed by atoms with Gasteiger partial charge in [-0.15, -0.1) is 0 Å². The van der Waals surface area contributed by atoms with E-state index in [0.29, 0.717) is 0 Å². The fourth-order valence-electron chi connectivity index (χ4n) is 0.349. The molecule has 0 aliphatic heterocycles. The average molecular weight is 768 g/mol. The van der Waals surface area contributed by atoms with Crippen molar-refractivity contribution in [2.45, 2.75) is 12.3 Å². The molecule has 0 aromatic heterocycles. The third-order valence-electron chi connectivity index (χ3n) is 0.984. The Balaban J connectivity index is 4.86. The molecule has 0 saturated heterocycles. The molecular formula is C4HBr9. The molecule has 0 fully saturated rings. The molecule has 0 saturated carbocycles. The highest BCUT2D eigenvalue weighted by Crippen LogP contribution is 2.61. The summed E-state index contributed by atoms with van der Waals surface area (Å²) in [5.41, 5.74) is 0. The molecule has 1 unspecified atom stereocenters. The summed E-state index contributed by atoms with van der Waals surface area (Å²) in [6, 6.07) is 0. The van der Waals surface area contributed by atoms with Crippen molar-refractivity contribution in [1.82, 2.24) is 0 Å². The van der Waals surface area contributed by atoms with Crippen LogP contribution < -0.4 is 0 Å². The maximum atomic E-state index is 3.54. The van der Waals surface area contributed by atoms with Gasteiger partial charge in [-0.25, -0.2) is 0 Å². The van der Waals surface area contributed by atoms with Crippen LogP contribution in [0.25, 0.3) is 0 Å². The third-order valence-corrected chi connectivity index (χ3v) is 14.0. The fourth-order valence-corrected chi connectivity index (χ4v) is 5.86. The van der Waals surface area contributed by atoms with E-state index in [1.807, 2.05) is 0 Å². The molecule has 0 aliphatic carbocycles. The number of hydrogen-bond acceptors (Lipinski definition) is 0. The standard InChI is InChI=1S/C4HBr9/c5-1(3(8,9)10)2(6,7)4(11,12)13/h1H. The van der Waals surface area contributed by atoms with Crippen molar-refractivity contribution in [3.05, 3.63) is 0 Å². The number of rotatable bonds is 1. The van der Waals surface area contributed by atoms with Gasteiger partial charge in [0, 0.05) is 0 Å². The van der Waals surface area contributed by atoms with Gasteiger partial charge in [0.05, 0.1) is 4.83 Å². The van der Waals surface area contributed by atoms with Crippen LogP contribution in [0.4, 0.5) is 0 Å². The molecular weight excluding hydrogens is 767 g/mol. The highest BCUT2D eigenvalue weighted by molar-refractivity contribution is 9.42. The van der Waals surface area contributed by atoms with Crippen LogP contribution in [0, 0.1) is 0 Å². The third kappa shape index (κ3) is 5.22. The van der Waals surface area contributed by atoms with Crippen molar-refractivity contribution in [2.24, 2.45) is 0 Å². The molecule has 9 heteroatoms. The van der Waals surface area contributed by atoms with Crippen LogP contribution in [0.15, 0.2) is 0 Å². The molecule has 0 spiro atoms. The molecule has 0 amide bonds. The average Bonchev–Trinajstić information content (AvgIpc) is 1.81. The highest BCUT2D eigenvalue weighted by atomic mass is 80.0. The van der Waals surface area contributed by atoms with Gasteiger partial charge < -0.3 is 0 Å². The Morgan fingerprint density at radius 3 is 1.08 bits per heavy atom. The van der Waals surface area contributed by atoms with Crippen molar-refractivity contribution in [3.8, 4) is 0 Å². The minimum atomic E-state index is -0.491. The number of halogens is 9. The van der Waals surface area contributed by atoms with Gasteiger partial charge in [0.15, 0.2) is 2.14 Å². The topological polar surface area (TPSA) is 0 Å². The van der Waals surface area contributed by atoms with Crippen LogP contribution >= 0.6 is 143 Å². The summed E-state index contributed by atoms with van der Waals surface area (Å²) in [5.74, 6) is 0. The van der Waals surface area contributed by atoms with Crippen LogP contribution in [-0.4, -0.2) is 12.3 Å². The molecule has 1 atom stereocenters. The zero-order chi connectivity index (χ0) is 11.1. The Hall–Kier alpha value is 4.32. The summed E-state index contributed by atoms with van der Waals surface area (Å²) in [5, 5.41) is 0. The predicted octanol–water partition coefficient (Wildman–Crippen LogP) is 6.91. The predicted molar refractivity (Wildman–Crippen MR) is 92.3 cm³/mol. The van der Waals surface area contributed by atoms with Gasteiger partial charge >= 0.3 is 0 Å². The highest BCUT2D eigenvalue weighted by Gasteiger charge is 2.54. The minimum Gasteiger partial charge on any atom is -0.0830 e. The van der Waals surface area contributed by atoms with E-state index in [4.69, 9.17) is 0 Å². The lowest BCUT2D eigenvalue weighted by molar-refractivity contribution is 0.872. The smallest absolute Gasteiger partial charge is 0.0830 e. The number of hydrogen-bond donors (Lipinski definition) is 0. The number of alkyl halides is 9. The molecule has 0 radical (unpaired) electrons. The lowest BCUT2D eigenvalue weighted by atomic mass is 10.4.